The molecule has 0 bridgehead atoms. The quantitative estimate of drug-likeness (QED) is 0.331. The third kappa shape index (κ3) is 6.19. The zero-order valence-electron chi connectivity index (χ0n) is 11.8. The molecule has 3 heteroatoms. The minimum Gasteiger partial charge on any atom is -0.450 e. The first-order valence-corrected chi connectivity index (χ1v) is 6.95. The summed E-state index contributed by atoms with van der Waals surface area (Å²) < 4.78 is 5.10. The fourth-order valence-corrected chi connectivity index (χ4v) is 1.62. The van der Waals surface area contributed by atoms with Crippen LogP contribution in [0.15, 0.2) is 30.3 Å². The Morgan fingerprint density at radius 3 is 2.65 bits per heavy atom. The van der Waals surface area contributed by atoms with Crippen molar-refractivity contribution >= 4 is 12.3 Å². The monoisotopic (exact) mass is 272 g/mol. The van der Waals surface area contributed by atoms with Crippen LogP contribution in [0.1, 0.15) is 49.4 Å². The van der Waals surface area contributed by atoms with Crippen molar-refractivity contribution in [2.45, 2.75) is 45.1 Å². The Balaban J connectivity index is 2.39. The van der Waals surface area contributed by atoms with Crippen LogP contribution in [-0.4, -0.2) is 18.4 Å². The maximum absolute atomic E-state index is 11.8. The fourth-order valence-electron chi connectivity index (χ4n) is 1.62. The van der Waals surface area contributed by atoms with Gasteiger partial charge in [0.25, 0.3) is 0 Å². The molecule has 0 aliphatic rings. The van der Waals surface area contributed by atoms with Crippen molar-refractivity contribution in [2.75, 3.05) is 0 Å². The number of hydrogen-bond acceptors (Lipinski definition) is 3. The number of hydrogen-bond donors (Lipinski definition) is 0. The fraction of sp³-hybridized carbons (Fsp3) is 0.412. The average Bonchev–Trinajstić information content (AvgIpc) is 2.50. The van der Waals surface area contributed by atoms with Gasteiger partial charge in [0.1, 0.15) is 0 Å². The van der Waals surface area contributed by atoms with Crippen LogP contribution in [0.5, 0.6) is 0 Å². The van der Waals surface area contributed by atoms with Gasteiger partial charge >= 0.3 is 5.97 Å². The Hall–Kier alpha value is -2.08. The third-order valence-electron chi connectivity index (χ3n) is 2.75. The first kappa shape index (κ1) is 16.0. The Morgan fingerprint density at radius 1 is 1.25 bits per heavy atom. The smallest absolute Gasteiger partial charge is 0.338 e. The summed E-state index contributed by atoms with van der Waals surface area (Å²) in [6.07, 6.45) is 4.31. The lowest BCUT2D eigenvalue weighted by molar-refractivity contribution is -0.115. The summed E-state index contributed by atoms with van der Waals surface area (Å²) >= 11 is 0. The van der Waals surface area contributed by atoms with Gasteiger partial charge in [-0.1, -0.05) is 43.9 Å². The summed E-state index contributed by atoms with van der Waals surface area (Å²) in [5, 5.41) is 0. The van der Waals surface area contributed by atoms with E-state index in [0.29, 0.717) is 11.8 Å². The summed E-state index contributed by atoms with van der Waals surface area (Å²) in [6, 6.07) is 8.62. The number of carbonyl (C=O) groups excluding carboxylic acids is 2. The molecule has 0 spiro atoms. The highest BCUT2D eigenvalue weighted by Gasteiger charge is 2.13. The molecule has 3 nitrogen and oxygen atoms in total. The molecule has 0 saturated heterocycles. The van der Waals surface area contributed by atoms with E-state index in [0.717, 1.165) is 25.7 Å². The Kier molecular flexibility index (Phi) is 7.83. The van der Waals surface area contributed by atoms with Gasteiger partial charge in [-0.05, 0) is 18.6 Å². The molecule has 0 N–H and O–H groups in total. The number of esters is 1. The molecule has 20 heavy (non-hydrogen) atoms. The molecular formula is C17H20O3. The zero-order chi connectivity index (χ0) is 14.6. The van der Waals surface area contributed by atoms with Gasteiger partial charge in [-0.25, -0.2) is 4.79 Å². The SMILES string of the molecule is CCCCCC#CC[C@H](C=O)OC(=O)c1ccccc1. The zero-order valence-corrected chi connectivity index (χ0v) is 11.8. The third-order valence-corrected chi connectivity index (χ3v) is 2.75. The standard InChI is InChI=1S/C17H20O3/c1-2-3-4-5-6-10-13-16(14-18)20-17(19)15-11-8-7-9-12-15/h7-9,11-12,14,16H,2-5,13H2,1H3/t16-/m1/s1. The topological polar surface area (TPSA) is 43.4 Å². The van der Waals surface area contributed by atoms with E-state index >= 15 is 0 Å². The van der Waals surface area contributed by atoms with Crippen molar-refractivity contribution in [3.63, 3.8) is 0 Å². The van der Waals surface area contributed by atoms with Crippen molar-refractivity contribution < 1.29 is 14.3 Å². The van der Waals surface area contributed by atoms with Crippen LogP contribution in [-0.2, 0) is 9.53 Å². The van der Waals surface area contributed by atoms with Gasteiger partial charge in [0.2, 0.25) is 0 Å². The second-order valence-electron chi connectivity index (χ2n) is 4.46. The Morgan fingerprint density at radius 2 is 2.00 bits per heavy atom. The van der Waals surface area contributed by atoms with Crippen LogP contribution < -0.4 is 0 Å². The molecule has 0 unspecified atom stereocenters. The van der Waals surface area contributed by atoms with E-state index in [4.69, 9.17) is 4.74 Å². The minimum atomic E-state index is -0.790. The Bertz CT molecular complexity index is 468. The highest BCUT2D eigenvalue weighted by Crippen LogP contribution is 2.05. The molecule has 1 rings (SSSR count). The van der Waals surface area contributed by atoms with Gasteiger partial charge in [0.15, 0.2) is 12.4 Å². The Labute approximate surface area is 120 Å². The summed E-state index contributed by atoms with van der Waals surface area (Å²) in [5.41, 5.74) is 0.440. The summed E-state index contributed by atoms with van der Waals surface area (Å²) in [7, 11) is 0. The molecule has 1 atom stereocenters. The summed E-state index contributed by atoms with van der Waals surface area (Å²) in [4.78, 5) is 22.7. The molecule has 0 aliphatic heterocycles. The highest BCUT2D eigenvalue weighted by molar-refractivity contribution is 5.90. The molecule has 1 aromatic carbocycles. The molecule has 106 valence electrons. The number of carbonyl (C=O) groups is 2. The van der Waals surface area contributed by atoms with Crippen LogP contribution in [0.25, 0.3) is 0 Å². The van der Waals surface area contributed by atoms with Crippen LogP contribution in [0.4, 0.5) is 0 Å². The van der Waals surface area contributed by atoms with Crippen LogP contribution in [0, 0.1) is 11.8 Å². The van der Waals surface area contributed by atoms with Crippen molar-refractivity contribution in [3.05, 3.63) is 35.9 Å². The maximum atomic E-state index is 11.8. The van der Waals surface area contributed by atoms with Crippen molar-refractivity contribution in [3.8, 4) is 11.8 Å². The first-order chi connectivity index (χ1) is 9.77. The molecule has 0 aromatic heterocycles. The van der Waals surface area contributed by atoms with Gasteiger partial charge in [-0.2, -0.15) is 0 Å². The molecule has 0 amide bonds. The second kappa shape index (κ2) is 9.80. The van der Waals surface area contributed by atoms with E-state index in [9.17, 15) is 9.59 Å². The first-order valence-electron chi connectivity index (χ1n) is 6.95. The highest BCUT2D eigenvalue weighted by atomic mass is 16.5. The molecular weight excluding hydrogens is 252 g/mol. The number of aldehydes is 1. The summed E-state index contributed by atoms with van der Waals surface area (Å²) in [5.74, 6) is 5.40. The predicted molar refractivity (Wildman–Crippen MR) is 78.2 cm³/mol. The normalized spacial score (nSPS) is 11.1. The number of ether oxygens (including phenoxy) is 1. The molecule has 0 heterocycles. The lowest BCUT2D eigenvalue weighted by Gasteiger charge is -2.08. The largest absolute Gasteiger partial charge is 0.450 e. The van der Waals surface area contributed by atoms with Gasteiger partial charge in [-0.15, -0.1) is 5.92 Å². The van der Waals surface area contributed by atoms with E-state index in [1.165, 1.54) is 0 Å². The van der Waals surface area contributed by atoms with E-state index < -0.39 is 12.1 Å². The number of rotatable bonds is 7. The van der Waals surface area contributed by atoms with Crippen LogP contribution >= 0.6 is 0 Å². The molecule has 1 aromatic rings. The summed E-state index contributed by atoms with van der Waals surface area (Å²) in [6.45, 7) is 2.14. The van der Waals surface area contributed by atoms with E-state index in [1.807, 2.05) is 6.07 Å². The number of unbranched alkanes of at least 4 members (excludes halogenated alkanes) is 3. The van der Waals surface area contributed by atoms with Crippen molar-refractivity contribution in [1.29, 1.82) is 0 Å². The molecule has 0 aliphatic carbocycles. The predicted octanol–water partition coefficient (Wildman–Crippen LogP) is 3.38. The maximum Gasteiger partial charge on any atom is 0.338 e. The van der Waals surface area contributed by atoms with Crippen LogP contribution in [0.2, 0.25) is 0 Å². The van der Waals surface area contributed by atoms with Gasteiger partial charge < -0.3 is 4.74 Å². The van der Waals surface area contributed by atoms with E-state index in [-0.39, 0.29) is 6.42 Å². The van der Waals surface area contributed by atoms with Crippen LogP contribution in [0.3, 0.4) is 0 Å². The average molecular weight is 272 g/mol. The second-order valence-corrected chi connectivity index (χ2v) is 4.46. The molecule has 0 radical (unpaired) electrons. The van der Waals surface area contributed by atoms with Crippen molar-refractivity contribution in [1.82, 2.24) is 0 Å². The van der Waals surface area contributed by atoms with Gasteiger partial charge in [0, 0.05) is 6.42 Å². The van der Waals surface area contributed by atoms with Crippen molar-refractivity contribution in [2.24, 2.45) is 0 Å². The molecule has 0 fully saturated rings. The minimum absolute atomic E-state index is 0.258. The van der Waals surface area contributed by atoms with Gasteiger partial charge in [0.05, 0.1) is 12.0 Å². The van der Waals surface area contributed by atoms with E-state index in [2.05, 4.69) is 18.8 Å². The lowest BCUT2D eigenvalue weighted by Crippen LogP contribution is -2.19. The molecule has 0 saturated carbocycles. The number of benzene rings is 1. The lowest BCUT2D eigenvalue weighted by atomic mass is 10.2. The van der Waals surface area contributed by atoms with Gasteiger partial charge in [-0.3, -0.25) is 4.79 Å². The van der Waals surface area contributed by atoms with E-state index in [1.54, 1.807) is 24.3 Å².